The number of hydrogen-bond acceptors (Lipinski definition) is 2. The molecule has 4 aromatic rings. The van der Waals surface area contributed by atoms with E-state index in [0.717, 1.165) is 0 Å². The van der Waals surface area contributed by atoms with Crippen LogP contribution in [0, 0.1) is 93.1 Å². The van der Waals surface area contributed by atoms with Crippen molar-refractivity contribution in [1.29, 1.82) is 0 Å². The zero-order valence-electron chi connectivity index (χ0n) is 19.7. The van der Waals surface area contributed by atoms with Crippen LogP contribution in [0.15, 0.2) is 18.2 Å². The molecule has 0 N–H and O–H groups in total. The fourth-order valence-electron chi connectivity index (χ4n) is 3.53. The molecule has 0 atom stereocenters. The zero-order valence-corrected chi connectivity index (χ0v) is 19.7. The van der Waals surface area contributed by atoms with Crippen LogP contribution in [0.1, 0.15) is 0 Å². The minimum Gasteiger partial charge on any atom is -0.520 e. The van der Waals surface area contributed by atoms with Crippen molar-refractivity contribution in [3.8, 4) is 22.6 Å². The van der Waals surface area contributed by atoms with Gasteiger partial charge in [0.15, 0.2) is 75.6 Å². The summed E-state index contributed by atoms with van der Waals surface area (Å²) in [6, 6.07) is 0.644. The quantitative estimate of drug-likeness (QED) is 0.0948. The van der Waals surface area contributed by atoms with Crippen molar-refractivity contribution in [2.75, 3.05) is 0 Å². The maximum Gasteiger partial charge on any atom is 0.639 e. The van der Waals surface area contributed by atoms with Gasteiger partial charge in [-0.2, -0.15) is 4.39 Å². The lowest BCUT2D eigenvalue weighted by Crippen LogP contribution is -2.48. The van der Waals surface area contributed by atoms with Crippen molar-refractivity contribution in [2.24, 2.45) is 0 Å². The Bertz CT molecular complexity index is 1750. The van der Waals surface area contributed by atoms with Gasteiger partial charge in [-0.05, 0) is 12.1 Å². The van der Waals surface area contributed by atoms with Gasteiger partial charge in [0.1, 0.15) is 11.6 Å². The highest BCUT2D eigenvalue weighted by Crippen LogP contribution is 2.42. The van der Waals surface area contributed by atoms with E-state index in [1.54, 1.807) is 0 Å². The van der Waals surface area contributed by atoms with Crippen LogP contribution in [-0.4, -0.2) is 7.12 Å². The lowest BCUT2D eigenvalue weighted by Gasteiger charge is -2.22. The van der Waals surface area contributed by atoms with Crippen molar-refractivity contribution in [3.05, 3.63) is 111 Å². The van der Waals surface area contributed by atoms with E-state index < -0.39 is 128 Å². The minimum atomic E-state index is -3.63. The second kappa shape index (κ2) is 11.3. The summed E-state index contributed by atoms with van der Waals surface area (Å²) in [6.45, 7) is 0. The number of rotatable bonds is 6. The van der Waals surface area contributed by atoms with Crippen molar-refractivity contribution < 1.29 is 79.6 Å². The Morgan fingerprint density at radius 3 is 1.28 bits per heavy atom. The molecule has 2 nitrogen and oxygen atoms in total. The summed E-state index contributed by atoms with van der Waals surface area (Å²) in [7, 11) is -3.63. The maximum absolute atomic E-state index is 14.9. The van der Waals surface area contributed by atoms with Crippen molar-refractivity contribution >= 4 is 12.6 Å². The molecular formula is C24H3BF16O2. The lowest BCUT2D eigenvalue weighted by atomic mass is 9.77. The number of hydrogen-bond donors (Lipinski definition) is 0. The maximum atomic E-state index is 14.9. The van der Waals surface area contributed by atoms with Crippen LogP contribution in [0.4, 0.5) is 70.2 Å². The Morgan fingerprint density at radius 1 is 0.395 bits per heavy atom. The molecule has 0 aliphatic carbocycles. The van der Waals surface area contributed by atoms with Crippen LogP contribution in [0.2, 0.25) is 0 Å². The van der Waals surface area contributed by atoms with Crippen LogP contribution in [0.25, 0.3) is 11.1 Å². The van der Waals surface area contributed by atoms with Gasteiger partial charge in [-0.1, -0.05) is 0 Å². The first kappa shape index (κ1) is 31.4. The van der Waals surface area contributed by atoms with Gasteiger partial charge in [0.05, 0.1) is 16.6 Å². The van der Waals surface area contributed by atoms with E-state index in [-0.39, 0.29) is 12.1 Å². The summed E-state index contributed by atoms with van der Waals surface area (Å²) >= 11 is 0. The molecule has 0 heterocycles. The second-order valence-electron chi connectivity index (χ2n) is 8.03. The first-order chi connectivity index (χ1) is 20.0. The molecule has 0 saturated carbocycles. The average Bonchev–Trinajstić information content (AvgIpc) is 2.97. The Morgan fingerprint density at radius 2 is 0.791 bits per heavy atom. The number of halogens is 16. The molecule has 0 amide bonds. The van der Waals surface area contributed by atoms with E-state index in [2.05, 4.69) is 9.31 Å². The van der Waals surface area contributed by atoms with Gasteiger partial charge in [0.2, 0.25) is 17.5 Å². The standard InChI is InChI=1S/C24H3BF16O2/c26-4-1-2-5(27)6(3-4)42-25(9-13(31)18(36)21(39)19(37)14(9)32)43-24-8(12(30)17(35)22(40)23(24)41)7-10(28)15(33)20(38)16(34)11(7)29/h1-3H. The third-order valence-corrected chi connectivity index (χ3v) is 5.52. The molecule has 0 unspecified atom stereocenters. The summed E-state index contributed by atoms with van der Waals surface area (Å²) in [6.07, 6.45) is 0. The highest BCUT2D eigenvalue weighted by Gasteiger charge is 2.43. The molecule has 0 spiro atoms. The summed E-state index contributed by atoms with van der Waals surface area (Å²) < 4.78 is 236. The molecule has 4 rings (SSSR count). The third kappa shape index (κ3) is 5.05. The van der Waals surface area contributed by atoms with Crippen LogP contribution in [0.3, 0.4) is 0 Å². The Balaban J connectivity index is 2.10. The molecule has 0 radical (unpaired) electrons. The Hall–Kier alpha value is -4.58. The topological polar surface area (TPSA) is 18.5 Å². The van der Waals surface area contributed by atoms with E-state index in [1.165, 1.54) is 0 Å². The van der Waals surface area contributed by atoms with Gasteiger partial charge >= 0.3 is 7.12 Å². The van der Waals surface area contributed by atoms with E-state index in [4.69, 9.17) is 0 Å². The molecule has 0 aliphatic heterocycles. The summed E-state index contributed by atoms with van der Waals surface area (Å²) in [4.78, 5) is 0. The van der Waals surface area contributed by atoms with E-state index in [0.29, 0.717) is 6.07 Å². The normalized spacial score (nSPS) is 11.3. The summed E-state index contributed by atoms with van der Waals surface area (Å²) in [5.41, 5.74) is -7.52. The monoisotopic (exact) mass is 638 g/mol. The third-order valence-electron chi connectivity index (χ3n) is 5.52. The van der Waals surface area contributed by atoms with Gasteiger partial charge in [0, 0.05) is 6.07 Å². The number of benzene rings is 4. The molecule has 0 aliphatic rings. The summed E-state index contributed by atoms with van der Waals surface area (Å²) in [5, 5.41) is 0. The molecule has 0 fully saturated rings. The van der Waals surface area contributed by atoms with Gasteiger partial charge in [-0.25, -0.2) is 65.9 Å². The molecule has 0 saturated heterocycles. The fraction of sp³-hybridized carbons (Fsp3) is 0. The van der Waals surface area contributed by atoms with Gasteiger partial charge in [0.25, 0.3) is 0 Å². The van der Waals surface area contributed by atoms with Crippen LogP contribution < -0.4 is 14.8 Å². The van der Waals surface area contributed by atoms with Gasteiger partial charge in [-0.15, -0.1) is 0 Å². The SMILES string of the molecule is Fc1ccc(F)c(OB(Oc2c(F)c(F)c(F)c(F)c2-c2c(F)c(F)c(F)c(F)c2F)c2c(F)c(F)c(F)c(F)c2F)c1. The van der Waals surface area contributed by atoms with Crippen molar-refractivity contribution in [3.63, 3.8) is 0 Å². The predicted octanol–water partition coefficient (Wildman–Crippen LogP) is 7.43. The molecule has 43 heavy (non-hydrogen) atoms. The predicted molar refractivity (Wildman–Crippen MR) is 111 cm³/mol. The van der Waals surface area contributed by atoms with Crippen molar-refractivity contribution in [1.82, 2.24) is 0 Å². The van der Waals surface area contributed by atoms with Gasteiger partial charge in [-0.3, -0.25) is 0 Å². The lowest BCUT2D eigenvalue weighted by molar-refractivity contribution is 0.356. The van der Waals surface area contributed by atoms with Crippen LogP contribution >= 0.6 is 0 Å². The highest BCUT2D eigenvalue weighted by molar-refractivity contribution is 6.63. The Kier molecular flexibility index (Phi) is 8.21. The van der Waals surface area contributed by atoms with Crippen LogP contribution in [0.5, 0.6) is 11.5 Å². The minimum absolute atomic E-state index is 0.0187. The molecular weight excluding hydrogens is 635 g/mol. The molecule has 19 heteroatoms. The second-order valence-corrected chi connectivity index (χ2v) is 8.03. The first-order valence-corrected chi connectivity index (χ1v) is 10.7. The van der Waals surface area contributed by atoms with Crippen molar-refractivity contribution in [2.45, 2.75) is 0 Å². The molecule has 0 aromatic heterocycles. The van der Waals surface area contributed by atoms with E-state index in [9.17, 15) is 70.2 Å². The highest BCUT2D eigenvalue weighted by atomic mass is 19.2. The van der Waals surface area contributed by atoms with E-state index in [1.807, 2.05) is 0 Å². The Labute approximate surface area is 226 Å². The van der Waals surface area contributed by atoms with E-state index >= 15 is 0 Å². The van der Waals surface area contributed by atoms with Gasteiger partial charge < -0.3 is 9.31 Å². The smallest absolute Gasteiger partial charge is 0.520 e. The molecule has 226 valence electrons. The average molecular weight is 638 g/mol. The first-order valence-electron chi connectivity index (χ1n) is 10.7. The molecule has 0 bridgehead atoms. The largest absolute Gasteiger partial charge is 0.639 e. The zero-order chi connectivity index (χ0) is 32.2. The van der Waals surface area contributed by atoms with Crippen LogP contribution in [-0.2, 0) is 0 Å². The fourth-order valence-corrected chi connectivity index (χ4v) is 3.53. The summed E-state index contributed by atoms with van der Waals surface area (Å²) in [5.74, 6) is -48.2. The molecule has 4 aromatic carbocycles.